The van der Waals surface area contributed by atoms with E-state index in [0.717, 1.165) is 5.56 Å². The summed E-state index contributed by atoms with van der Waals surface area (Å²) in [6.07, 6.45) is 0. The summed E-state index contributed by atoms with van der Waals surface area (Å²) in [7, 11) is 0. The van der Waals surface area contributed by atoms with Crippen LogP contribution in [0.5, 0.6) is 0 Å². The van der Waals surface area contributed by atoms with Crippen LogP contribution >= 0.6 is 11.6 Å². The highest BCUT2D eigenvalue weighted by molar-refractivity contribution is 6.30. The summed E-state index contributed by atoms with van der Waals surface area (Å²) in [6.45, 7) is -0.132. The molecule has 6 nitrogen and oxygen atoms in total. The van der Waals surface area contributed by atoms with E-state index in [9.17, 15) is 4.79 Å². The monoisotopic (exact) mass is 365 g/mol. The average molecular weight is 366 g/mol. The van der Waals surface area contributed by atoms with Crippen LogP contribution in [0.4, 0.5) is 0 Å². The van der Waals surface area contributed by atoms with Crippen molar-refractivity contribution in [2.24, 2.45) is 0 Å². The maximum atomic E-state index is 12.5. The molecule has 0 aliphatic rings. The first kappa shape index (κ1) is 16.2. The SMILES string of the molecule is O=C(OCc1nc(-c2ccccc2)no1)c1cc(Cl)nc2ccccc12. The van der Waals surface area contributed by atoms with Crippen LogP contribution in [-0.4, -0.2) is 21.1 Å². The fraction of sp³-hybridized carbons (Fsp3) is 0.0526. The van der Waals surface area contributed by atoms with Crippen LogP contribution in [0.25, 0.3) is 22.3 Å². The zero-order valence-corrected chi connectivity index (χ0v) is 14.2. The van der Waals surface area contributed by atoms with Gasteiger partial charge in [-0.05, 0) is 12.1 Å². The number of hydrogen-bond donors (Lipinski definition) is 0. The minimum absolute atomic E-state index is 0.132. The second-order valence-corrected chi connectivity index (χ2v) is 5.85. The molecule has 26 heavy (non-hydrogen) atoms. The number of halogens is 1. The number of aromatic nitrogens is 3. The molecule has 0 N–H and O–H groups in total. The molecule has 0 aliphatic heterocycles. The number of pyridine rings is 1. The van der Waals surface area contributed by atoms with Crippen LogP contribution in [0.15, 0.2) is 65.2 Å². The van der Waals surface area contributed by atoms with Gasteiger partial charge in [-0.25, -0.2) is 9.78 Å². The Morgan fingerprint density at radius 1 is 1.04 bits per heavy atom. The molecular weight excluding hydrogens is 354 g/mol. The van der Waals surface area contributed by atoms with Crippen LogP contribution in [0.1, 0.15) is 16.2 Å². The van der Waals surface area contributed by atoms with Gasteiger partial charge in [0, 0.05) is 10.9 Å². The quantitative estimate of drug-likeness (QED) is 0.396. The van der Waals surface area contributed by atoms with Gasteiger partial charge in [0.05, 0.1) is 11.1 Å². The fourth-order valence-corrected chi connectivity index (χ4v) is 2.74. The lowest BCUT2D eigenvalue weighted by Gasteiger charge is -2.06. The topological polar surface area (TPSA) is 78.1 Å². The highest BCUT2D eigenvalue weighted by Crippen LogP contribution is 2.22. The van der Waals surface area contributed by atoms with Crippen molar-refractivity contribution in [3.63, 3.8) is 0 Å². The fourth-order valence-electron chi connectivity index (χ4n) is 2.53. The first-order valence-corrected chi connectivity index (χ1v) is 8.19. The van der Waals surface area contributed by atoms with E-state index < -0.39 is 5.97 Å². The van der Waals surface area contributed by atoms with Crippen molar-refractivity contribution in [2.75, 3.05) is 0 Å². The minimum atomic E-state index is -0.537. The summed E-state index contributed by atoms with van der Waals surface area (Å²) in [5.41, 5.74) is 1.78. The van der Waals surface area contributed by atoms with Gasteiger partial charge in [-0.2, -0.15) is 4.98 Å². The van der Waals surface area contributed by atoms with Crippen molar-refractivity contribution < 1.29 is 14.1 Å². The van der Waals surface area contributed by atoms with Crippen molar-refractivity contribution in [3.8, 4) is 11.4 Å². The molecule has 0 saturated heterocycles. The lowest BCUT2D eigenvalue weighted by atomic mass is 10.1. The molecule has 7 heteroatoms. The van der Waals surface area contributed by atoms with Gasteiger partial charge in [-0.1, -0.05) is 65.3 Å². The number of nitrogens with zero attached hydrogens (tertiary/aromatic N) is 3. The van der Waals surface area contributed by atoms with Crippen LogP contribution in [0.2, 0.25) is 5.15 Å². The molecule has 4 aromatic rings. The lowest BCUT2D eigenvalue weighted by Crippen LogP contribution is -2.07. The van der Waals surface area contributed by atoms with E-state index in [1.54, 1.807) is 12.1 Å². The number of esters is 1. The van der Waals surface area contributed by atoms with Gasteiger partial charge < -0.3 is 9.26 Å². The molecule has 0 fully saturated rings. The largest absolute Gasteiger partial charge is 0.452 e. The number of hydrogen-bond acceptors (Lipinski definition) is 6. The molecule has 0 unspecified atom stereocenters. The van der Waals surface area contributed by atoms with Crippen LogP contribution in [-0.2, 0) is 11.3 Å². The molecule has 4 rings (SSSR count). The van der Waals surface area contributed by atoms with Crippen molar-refractivity contribution in [2.45, 2.75) is 6.61 Å². The van der Waals surface area contributed by atoms with Crippen molar-refractivity contribution >= 4 is 28.5 Å². The molecule has 0 spiro atoms. The summed E-state index contributed by atoms with van der Waals surface area (Å²) < 4.78 is 10.4. The Bertz CT molecular complexity index is 1080. The van der Waals surface area contributed by atoms with Gasteiger partial charge in [-0.3, -0.25) is 0 Å². The summed E-state index contributed by atoms with van der Waals surface area (Å²) in [5, 5.41) is 4.78. The molecule has 2 heterocycles. The first-order chi connectivity index (χ1) is 12.7. The van der Waals surface area contributed by atoms with E-state index >= 15 is 0 Å². The van der Waals surface area contributed by atoms with Gasteiger partial charge in [0.15, 0.2) is 6.61 Å². The molecule has 0 radical (unpaired) electrons. The van der Waals surface area contributed by atoms with Crippen molar-refractivity contribution in [1.29, 1.82) is 0 Å². The molecule has 0 atom stereocenters. The molecule has 128 valence electrons. The van der Waals surface area contributed by atoms with Crippen LogP contribution < -0.4 is 0 Å². The number of benzene rings is 2. The summed E-state index contributed by atoms with van der Waals surface area (Å²) in [5.74, 6) is 0.112. The van der Waals surface area contributed by atoms with E-state index in [-0.39, 0.29) is 17.7 Å². The van der Waals surface area contributed by atoms with Crippen molar-refractivity contribution in [1.82, 2.24) is 15.1 Å². The van der Waals surface area contributed by atoms with Crippen LogP contribution in [0, 0.1) is 0 Å². The Balaban J connectivity index is 1.52. The Morgan fingerprint density at radius 2 is 1.81 bits per heavy atom. The molecule has 0 saturated carbocycles. The standard InChI is InChI=1S/C19H12ClN3O3/c20-16-10-14(13-8-4-5-9-15(13)21-16)19(24)25-11-17-22-18(23-26-17)12-6-2-1-3-7-12/h1-10H,11H2. The number of carbonyl (C=O) groups excluding carboxylic acids is 1. The predicted molar refractivity (Wildman–Crippen MR) is 95.6 cm³/mol. The van der Waals surface area contributed by atoms with E-state index in [1.165, 1.54) is 6.07 Å². The zero-order valence-electron chi connectivity index (χ0n) is 13.4. The highest BCUT2D eigenvalue weighted by atomic mass is 35.5. The summed E-state index contributed by atoms with van der Waals surface area (Å²) in [6, 6.07) is 18.1. The number of rotatable bonds is 4. The molecule has 2 aromatic heterocycles. The molecule has 0 bridgehead atoms. The van der Waals surface area contributed by atoms with Crippen LogP contribution in [0.3, 0.4) is 0 Å². The Kier molecular flexibility index (Phi) is 4.33. The first-order valence-electron chi connectivity index (χ1n) is 7.81. The van der Waals surface area contributed by atoms with Gasteiger partial charge in [0.1, 0.15) is 5.15 Å². The van der Waals surface area contributed by atoms with Gasteiger partial charge in [0.2, 0.25) is 5.82 Å². The van der Waals surface area contributed by atoms with E-state index in [2.05, 4.69) is 15.1 Å². The number of fused-ring (bicyclic) bond motifs is 1. The Morgan fingerprint density at radius 3 is 2.65 bits per heavy atom. The van der Waals surface area contributed by atoms with E-state index in [4.69, 9.17) is 20.9 Å². The third kappa shape index (κ3) is 3.27. The smallest absolute Gasteiger partial charge is 0.339 e. The van der Waals surface area contributed by atoms with Gasteiger partial charge in [-0.15, -0.1) is 0 Å². The number of para-hydroxylation sites is 1. The summed E-state index contributed by atoms with van der Waals surface area (Å²) in [4.78, 5) is 20.9. The molecule has 0 aliphatic carbocycles. The van der Waals surface area contributed by atoms with E-state index in [1.807, 2.05) is 42.5 Å². The third-order valence-electron chi connectivity index (χ3n) is 3.73. The normalized spacial score (nSPS) is 10.8. The second-order valence-electron chi connectivity index (χ2n) is 5.46. The maximum absolute atomic E-state index is 12.5. The number of ether oxygens (including phenoxy) is 1. The Hall–Kier alpha value is -3.25. The van der Waals surface area contributed by atoms with Crippen molar-refractivity contribution in [3.05, 3.63) is 77.3 Å². The summed E-state index contributed by atoms with van der Waals surface area (Å²) >= 11 is 6.00. The number of carbonyl (C=O) groups is 1. The predicted octanol–water partition coefficient (Wildman–Crippen LogP) is 4.30. The lowest BCUT2D eigenvalue weighted by molar-refractivity contribution is 0.0432. The maximum Gasteiger partial charge on any atom is 0.339 e. The molecule has 0 amide bonds. The highest BCUT2D eigenvalue weighted by Gasteiger charge is 2.16. The zero-order chi connectivity index (χ0) is 17.9. The van der Waals surface area contributed by atoms with Gasteiger partial charge >= 0.3 is 5.97 Å². The molecular formula is C19H12ClN3O3. The molecule has 2 aromatic carbocycles. The second kappa shape index (κ2) is 6.93. The third-order valence-corrected chi connectivity index (χ3v) is 3.93. The Labute approximate surface area is 153 Å². The minimum Gasteiger partial charge on any atom is -0.452 e. The van der Waals surface area contributed by atoms with Gasteiger partial charge in [0.25, 0.3) is 5.89 Å². The average Bonchev–Trinajstić information content (AvgIpc) is 3.15. The van der Waals surface area contributed by atoms with E-state index in [0.29, 0.717) is 22.3 Å².